The highest BCUT2D eigenvalue weighted by atomic mass is 16.6. The van der Waals surface area contributed by atoms with E-state index in [2.05, 4.69) is 60.7 Å². The minimum Gasteiger partial charge on any atom is -0.508 e. The van der Waals surface area contributed by atoms with Crippen LogP contribution >= 0.6 is 0 Å². The summed E-state index contributed by atoms with van der Waals surface area (Å²) in [7, 11) is 0. The summed E-state index contributed by atoms with van der Waals surface area (Å²) < 4.78 is 6.10. The Bertz CT molecular complexity index is 1040. The summed E-state index contributed by atoms with van der Waals surface area (Å²) in [6.45, 7) is 2.82. The predicted octanol–water partition coefficient (Wildman–Crippen LogP) is 5.63. The molecular formula is C28H32NO3+. The first kappa shape index (κ1) is 21.0. The van der Waals surface area contributed by atoms with E-state index in [0.717, 1.165) is 44.5 Å². The van der Waals surface area contributed by atoms with Crippen molar-refractivity contribution < 1.29 is 19.7 Å². The van der Waals surface area contributed by atoms with Crippen LogP contribution in [0.4, 0.5) is 0 Å². The molecule has 1 fully saturated rings. The van der Waals surface area contributed by atoms with Crippen LogP contribution in [0, 0.1) is 0 Å². The molecule has 0 amide bonds. The summed E-state index contributed by atoms with van der Waals surface area (Å²) >= 11 is 0. The average Bonchev–Trinajstić information content (AvgIpc) is 3.25. The molecule has 3 aromatic rings. The van der Waals surface area contributed by atoms with Crippen molar-refractivity contribution in [3.05, 3.63) is 95.1 Å². The number of phenols is 1. The van der Waals surface area contributed by atoms with Crippen molar-refractivity contribution >= 4 is 0 Å². The van der Waals surface area contributed by atoms with Crippen LogP contribution in [0.2, 0.25) is 0 Å². The summed E-state index contributed by atoms with van der Waals surface area (Å²) in [4.78, 5) is 0. The van der Waals surface area contributed by atoms with Gasteiger partial charge in [0, 0.05) is 18.8 Å². The standard InChI is InChI=1S/C28H31NO3/c30-24-11-15-27-23(20-24)10-14-26(21-6-2-1-3-7-21)28(27)22-8-12-25(13-9-22)32-19-18-29(31)16-4-5-17-29/h1-3,6-9,11-13,15,20,26,28,31H,4-5,10,14,16-19H2/p+1/t26-,28+/m1/s1. The Kier molecular flexibility index (Phi) is 5.90. The summed E-state index contributed by atoms with van der Waals surface area (Å²) in [6.07, 6.45) is 4.21. The van der Waals surface area contributed by atoms with Crippen LogP contribution in [-0.4, -0.2) is 41.2 Å². The van der Waals surface area contributed by atoms with Crippen LogP contribution in [0.25, 0.3) is 0 Å². The maximum Gasteiger partial charge on any atom is 0.143 e. The van der Waals surface area contributed by atoms with E-state index in [0.29, 0.717) is 24.8 Å². The number of likely N-dealkylation sites (tertiary alicyclic amines) is 1. The number of phenolic OH excluding ortho intramolecular Hbond substituents is 1. The Hall–Kier alpha value is -2.82. The molecule has 0 unspecified atom stereocenters. The molecule has 2 atom stereocenters. The number of quaternary nitrogens is 1. The molecule has 2 N–H and O–H groups in total. The quantitative estimate of drug-likeness (QED) is 0.498. The molecule has 1 aliphatic carbocycles. The number of fused-ring (bicyclic) bond motifs is 1. The number of benzene rings is 3. The fraction of sp³-hybridized carbons (Fsp3) is 0.357. The zero-order valence-electron chi connectivity index (χ0n) is 18.5. The maximum atomic E-state index is 10.5. The predicted molar refractivity (Wildman–Crippen MR) is 125 cm³/mol. The third-order valence-corrected chi connectivity index (χ3v) is 7.23. The van der Waals surface area contributed by atoms with Gasteiger partial charge in [-0.15, -0.1) is 0 Å². The maximum absolute atomic E-state index is 10.5. The third-order valence-electron chi connectivity index (χ3n) is 7.23. The first-order valence-corrected chi connectivity index (χ1v) is 11.8. The van der Waals surface area contributed by atoms with Gasteiger partial charge in [-0.05, 0) is 65.3 Å². The minimum atomic E-state index is 0.141. The van der Waals surface area contributed by atoms with Gasteiger partial charge >= 0.3 is 0 Å². The molecule has 2 aliphatic rings. The molecule has 166 valence electrons. The highest BCUT2D eigenvalue weighted by molar-refractivity contribution is 5.48. The lowest BCUT2D eigenvalue weighted by Crippen LogP contribution is -2.44. The van der Waals surface area contributed by atoms with Gasteiger partial charge in [0.1, 0.15) is 37.7 Å². The molecule has 4 heteroatoms. The Morgan fingerprint density at radius 2 is 1.62 bits per heavy atom. The largest absolute Gasteiger partial charge is 0.508 e. The summed E-state index contributed by atoms with van der Waals surface area (Å²) in [6, 6.07) is 25.0. The first-order valence-electron chi connectivity index (χ1n) is 11.8. The van der Waals surface area contributed by atoms with Crippen molar-refractivity contribution in [1.82, 2.24) is 0 Å². The van der Waals surface area contributed by atoms with Gasteiger partial charge in [-0.25, -0.2) is 5.21 Å². The second-order valence-electron chi connectivity index (χ2n) is 9.31. The van der Waals surface area contributed by atoms with Crippen molar-refractivity contribution in [1.29, 1.82) is 0 Å². The topological polar surface area (TPSA) is 49.7 Å². The van der Waals surface area contributed by atoms with E-state index < -0.39 is 0 Å². The molecule has 0 radical (unpaired) electrons. The molecule has 5 rings (SSSR count). The smallest absolute Gasteiger partial charge is 0.143 e. The van der Waals surface area contributed by atoms with Crippen LogP contribution in [0.15, 0.2) is 72.8 Å². The lowest BCUT2D eigenvalue weighted by Gasteiger charge is -2.35. The third kappa shape index (κ3) is 4.38. The van der Waals surface area contributed by atoms with Crippen LogP contribution in [0.5, 0.6) is 11.5 Å². The average molecular weight is 431 g/mol. The van der Waals surface area contributed by atoms with Crippen molar-refractivity contribution in [2.45, 2.75) is 37.5 Å². The summed E-state index contributed by atoms with van der Waals surface area (Å²) in [5.74, 6) is 1.82. The summed E-state index contributed by atoms with van der Waals surface area (Å²) in [5.41, 5.74) is 5.17. The fourth-order valence-corrected chi connectivity index (χ4v) is 5.53. The highest BCUT2D eigenvalue weighted by Gasteiger charge is 2.32. The molecule has 3 aromatic carbocycles. The zero-order valence-corrected chi connectivity index (χ0v) is 18.5. The van der Waals surface area contributed by atoms with E-state index in [1.807, 2.05) is 12.1 Å². The number of aryl methyl sites for hydroxylation is 1. The minimum absolute atomic E-state index is 0.141. The van der Waals surface area contributed by atoms with Gasteiger partial charge < -0.3 is 9.84 Å². The molecule has 4 nitrogen and oxygen atoms in total. The van der Waals surface area contributed by atoms with Gasteiger partial charge in [0.15, 0.2) is 0 Å². The molecule has 0 aromatic heterocycles. The highest BCUT2D eigenvalue weighted by Crippen LogP contribution is 2.47. The van der Waals surface area contributed by atoms with Gasteiger partial charge in [-0.3, -0.25) is 0 Å². The van der Waals surface area contributed by atoms with Crippen molar-refractivity contribution in [3.63, 3.8) is 0 Å². The Morgan fingerprint density at radius 3 is 2.38 bits per heavy atom. The Labute approximate surface area is 190 Å². The number of rotatable bonds is 6. The lowest BCUT2D eigenvalue weighted by molar-refractivity contribution is -1.09. The second kappa shape index (κ2) is 8.97. The molecular weight excluding hydrogens is 398 g/mol. The van der Waals surface area contributed by atoms with E-state index in [1.165, 1.54) is 22.3 Å². The normalized spacial score (nSPS) is 21.8. The monoisotopic (exact) mass is 430 g/mol. The van der Waals surface area contributed by atoms with Gasteiger partial charge in [0.25, 0.3) is 0 Å². The SMILES string of the molecule is Oc1ccc2c(c1)CC[C@H](c1ccccc1)[C@@H]2c1ccc(OCC[N+]2(O)CCCC2)cc1. The van der Waals surface area contributed by atoms with Gasteiger partial charge in [-0.2, -0.15) is 4.65 Å². The lowest BCUT2D eigenvalue weighted by atomic mass is 9.69. The van der Waals surface area contributed by atoms with Crippen LogP contribution in [0.3, 0.4) is 0 Å². The second-order valence-corrected chi connectivity index (χ2v) is 9.31. The number of ether oxygens (including phenoxy) is 1. The van der Waals surface area contributed by atoms with Crippen molar-refractivity contribution in [3.8, 4) is 11.5 Å². The van der Waals surface area contributed by atoms with Gasteiger partial charge in [-0.1, -0.05) is 48.5 Å². The van der Waals surface area contributed by atoms with Crippen molar-refractivity contribution in [2.75, 3.05) is 26.2 Å². The van der Waals surface area contributed by atoms with Crippen LogP contribution in [-0.2, 0) is 6.42 Å². The molecule has 1 heterocycles. The number of hydroxylamine groups is 3. The molecule has 0 spiro atoms. The fourth-order valence-electron chi connectivity index (χ4n) is 5.53. The molecule has 0 bridgehead atoms. The molecule has 1 saturated heterocycles. The number of hydrogen-bond acceptors (Lipinski definition) is 3. The van der Waals surface area contributed by atoms with Crippen molar-refractivity contribution in [2.24, 2.45) is 0 Å². The van der Waals surface area contributed by atoms with E-state index in [1.54, 1.807) is 0 Å². The summed E-state index contributed by atoms with van der Waals surface area (Å²) in [5, 5.41) is 20.5. The number of aromatic hydroxyl groups is 1. The van der Waals surface area contributed by atoms with Crippen LogP contribution < -0.4 is 4.74 Å². The molecule has 32 heavy (non-hydrogen) atoms. The molecule has 1 aliphatic heterocycles. The van der Waals surface area contributed by atoms with Gasteiger partial charge in [0.2, 0.25) is 0 Å². The zero-order chi connectivity index (χ0) is 22.0. The molecule has 0 saturated carbocycles. The van der Waals surface area contributed by atoms with Crippen LogP contribution in [0.1, 0.15) is 53.4 Å². The number of hydrogen-bond donors (Lipinski definition) is 2. The van der Waals surface area contributed by atoms with E-state index in [4.69, 9.17) is 4.74 Å². The van der Waals surface area contributed by atoms with E-state index in [-0.39, 0.29) is 10.6 Å². The Morgan fingerprint density at radius 1 is 0.875 bits per heavy atom. The first-order chi connectivity index (χ1) is 15.6. The number of nitrogens with zero attached hydrogens (tertiary/aromatic N) is 1. The van der Waals surface area contributed by atoms with Gasteiger partial charge in [0.05, 0.1) is 0 Å². The van der Waals surface area contributed by atoms with E-state index in [9.17, 15) is 10.3 Å². The Balaban J connectivity index is 1.38. The van der Waals surface area contributed by atoms with E-state index >= 15 is 0 Å².